The Kier molecular flexibility index (Phi) is 2.28. The topological polar surface area (TPSA) is 61.3 Å². The summed E-state index contributed by atoms with van der Waals surface area (Å²) in [6, 6.07) is 0. The maximum absolute atomic E-state index is 5.82. The van der Waals surface area contributed by atoms with Gasteiger partial charge in [0.05, 0.1) is 6.10 Å². The summed E-state index contributed by atoms with van der Waals surface area (Å²) < 4.78 is 5.34. The Bertz CT molecular complexity index is 110. The van der Waals surface area contributed by atoms with Gasteiger partial charge in [0.15, 0.2) is 0 Å². The fourth-order valence-electron chi connectivity index (χ4n) is 1.37. The van der Waals surface area contributed by atoms with Gasteiger partial charge in [0.2, 0.25) is 0 Å². The molecule has 0 radical (unpaired) electrons. The van der Waals surface area contributed by atoms with Gasteiger partial charge < -0.3 is 16.2 Å². The smallest absolute Gasteiger partial charge is 0.0611 e. The van der Waals surface area contributed by atoms with Gasteiger partial charge in [0.25, 0.3) is 0 Å². The van der Waals surface area contributed by atoms with Crippen molar-refractivity contribution >= 4 is 0 Å². The Hall–Kier alpha value is -0.120. The summed E-state index contributed by atoms with van der Waals surface area (Å²) in [5.41, 5.74) is 11.2. The molecule has 3 heteroatoms. The SMILES string of the molecule is CCOC1CC(N)(CN)C1. The molecule has 0 aromatic heterocycles. The van der Waals surface area contributed by atoms with Gasteiger partial charge in [0, 0.05) is 18.7 Å². The molecule has 1 rings (SSSR count). The van der Waals surface area contributed by atoms with Crippen LogP contribution in [-0.4, -0.2) is 24.8 Å². The Balaban J connectivity index is 2.16. The largest absolute Gasteiger partial charge is 0.378 e. The maximum Gasteiger partial charge on any atom is 0.0611 e. The summed E-state index contributed by atoms with van der Waals surface area (Å²) in [5, 5.41) is 0. The van der Waals surface area contributed by atoms with Crippen LogP contribution in [0, 0.1) is 0 Å². The summed E-state index contributed by atoms with van der Waals surface area (Å²) in [6.07, 6.45) is 2.23. The molecule has 1 aliphatic rings. The zero-order valence-electron chi connectivity index (χ0n) is 6.47. The van der Waals surface area contributed by atoms with Gasteiger partial charge in [-0.05, 0) is 19.8 Å². The maximum atomic E-state index is 5.82. The van der Waals surface area contributed by atoms with E-state index in [1.165, 1.54) is 0 Å². The Morgan fingerprint density at radius 1 is 1.60 bits per heavy atom. The molecule has 4 N–H and O–H groups in total. The van der Waals surface area contributed by atoms with E-state index >= 15 is 0 Å². The lowest BCUT2D eigenvalue weighted by molar-refractivity contribution is -0.0340. The summed E-state index contributed by atoms with van der Waals surface area (Å²) in [7, 11) is 0. The van der Waals surface area contributed by atoms with E-state index in [1.54, 1.807) is 0 Å². The molecule has 0 heterocycles. The van der Waals surface area contributed by atoms with Crippen LogP contribution in [0.3, 0.4) is 0 Å². The third-order valence-corrected chi connectivity index (χ3v) is 2.08. The highest BCUT2D eigenvalue weighted by atomic mass is 16.5. The lowest BCUT2D eigenvalue weighted by Crippen LogP contribution is -2.59. The highest BCUT2D eigenvalue weighted by Gasteiger charge is 2.40. The molecule has 0 aromatic rings. The van der Waals surface area contributed by atoms with Gasteiger partial charge in [-0.1, -0.05) is 0 Å². The summed E-state index contributed by atoms with van der Waals surface area (Å²) in [5.74, 6) is 0. The van der Waals surface area contributed by atoms with Crippen LogP contribution in [0.4, 0.5) is 0 Å². The minimum Gasteiger partial charge on any atom is -0.378 e. The second kappa shape index (κ2) is 2.86. The fraction of sp³-hybridized carbons (Fsp3) is 1.00. The fourth-order valence-corrected chi connectivity index (χ4v) is 1.37. The molecule has 1 fully saturated rings. The van der Waals surface area contributed by atoms with Crippen molar-refractivity contribution < 1.29 is 4.74 Å². The van der Waals surface area contributed by atoms with Crippen molar-refractivity contribution in [2.45, 2.75) is 31.4 Å². The minimum atomic E-state index is -0.111. The first-order valence-corrected chi connectivity index (χ1v) is 3.81. The molecule has 0 aliphatic heterocycles. The zero-order valence-corrected chi connectivity index (χ0v) is 6.47. The first-order chi connectivity index (χ1) is 4.70. The molecule has 0 spiro atoms. The normalized spacial score (nSPS) is 39.3. The van der Waals surface area contributed by atoms with Gasteiger partial charge in [-0.3, -0.25) is 0 Å². The van der Waals surface area contributed by atoms with Crippen LogP contribution < -0.4 is 11.5 Å². The molecule has 0 atom stereocenters. The highest BCUT2D eigenvalue weighted by Crippen LogP contribution is 2.30. The summed E-state index contributed by atoms with van der Waals surface area (Å²) in [6.45, 7) is 3.36. The number of hydrogen-bond acceptors (Lipinski definition) is 3. The minimum absolute atomic E-state index is 0.111. The third kappa shape index (κ3) is 1.48. The van der Waals surface area contributed by atoms with Crippen LogP contribution in [0.5, 0.6) is 0 Å². The summed E-state index contributed by atoms with van der Waals surface area (Å²) >= 11 is 0. The molecular formula is C7H16N2O. The second-order valence-corrected chi connectivity index (χ2v) is 3.05. The third-order valence-electron chi connectivity index (χ3n) is 2.08. The van der Waals surface area contributed by atoms with E-state index in [1.807, 2.05) is 6.92 Å². The van der Waals surface area contributed by atoms with Gasteiger partial charge in [0.1, 0.15) is 0 Å². The Labute approximate surface area is 61.7 Å². The Morgan fingerprint density at radius 3 is 2.60 bits per heavy atom. The molecule has 0 amide bonds. The molecule has 60 valence electrons. The molecule has 0 bridgehead atoms. The van der Waals surface area contributed by atoms with Gasteiger partial charge in [-0.15, -0.1) is 0 Å². The molecular weight excluding hydrogens is 128 g/mol. The van der Waals surface area contributed by atoms with E-state index in [4.69, 9.17) is 16.2 Å². The molecule has 3 nitrogen and oxygen atoms in total. The average molecular weight is 144 g/mol. The van der Waals surface area contributed by atoms with Crippen LogP contribution >= 0.6 is 0 Å². The molecule has 0 saturated heterocycles. The van der Waals surface area contributed by atoms with Crippen molar-refractivity contribution in [3.05, 3.63) is 0 Å². The standard InChI is InChI=1S/C7H16N2O/c1-2-10-6-3-7(9,4-6)5-8/h6H,2-5,8-9H2,1H3. The van der Waals surface area contributed by atoms with Crippen LogP contribution in [0.25, 0.3) is 0 Å². The van der Waals surface area contributed by atoms with Crippen molar-refractivity contribution in [1.82, 2.24) is 0 Å². The predicted molar refractivity (Wildman–Crippen MR) is 40.6 cm³/mol. The molecule has 0 unspecified atom stereocenters. The van der Waals surface area contributed by atoms with E-state index in [0.29, 0.717) is 12.6 Å². The molecule has 10 heavy (non-hydrogen) atoms. The monoisotopic (exact) mass is 144 g/mol. The molecule has 0 aromatic carbocycles. The van der Waals surface area contributed by atoms with Gasteiger partial charge >= 0.3 is 0 Å². The lowest BCUT2D eigenvalue weighted by Gasteiger charge is -2.43. The van der Waals surface area contributed by atoms with E-state index in [2.05, 4.69) is 0 Å². The van der Waals surface area contributed by atoms with E-state index in [-0.39, 0.29) is 5.54 Å². The van der Waals surface area contributed by atoms with Crippen LogP contribution in [-0.2, 0) is 4.74 Å². The average Bonchev–Trinajstić information content (AvgIpc) is 1.85. The first kappa shape index (κ1) is 7.98. The number of hydrogen-bond donors (Lipinski definition) is 2. The van der Waals surface area contributed by atoms with Gasteiger partial charge in [-0.25, -0.2) is 0 Å². The van der Waals surface area contributed by atoms with Crippen molar-refractivity contribution in [3.63, 3.8) is 0 Å². The molecule has 1 saturated carbocycles. The van der Waals surface area contributed by atoms with Crippen LogP contribution in [0.15, 0.2) is 0 Å². The summed E-state index contributed by atoms with van der Waals surface area (Å²) in [4.78, 5) is 0. The number of ether oxygens (including phenoxy) is 1. The van der Waals surface area contributed by atoms with Gasteiger partial charge in [-0.2, -0.15) is 0 Å². The van der Waals surface area contributed by atoms with Crippen molar-refractivity contribution in [1.29, 1.82) is 0 Å². The van der Waals surface area contributed by atoms with Crippen molar-refractivity contribution in [2.24, 2.45) is 11.5 Å². The predicted octanol–water partition coefficient (Wildman–Crippen LogP) is -0.158. The highest BCUT2D eigenvalue weighted by molar-refractivity contribution is 5.00. The van der Waals surface area contributed by atoms with Crippen LogP contribution in [0.2, 0.25) is 0 Å². The lowest BCUT2D eigenvalue weighted by atomic mass is 9.75. The van der Waals surface area contributed by atoms with Crippen LogP contribution in [0.1, 0.15) is 19.8 Å². The van der Waals surface area contributed by atoms with E-state index < -0.39 is 0 Å². The second-order valence-electron chi connectivity index (χ2n) is 3.05. The van der Waals surface area contributed by atoms with E-state index in [9.17, 15) is 0 Å². The van der Waals surface area contributed by atoms with E-state index in [0.717, 1.165) is 19.4 Å². The number of rotatable bonds is 3. The van der Waals surface area contributed by atoms with Crippen molar-refractivity contribution in [2.75, 3.05) is 13.2 Å². The van der Waals surface area contributed by atoms with Crippen molar-refractivity contribution in [3.8, 4) is 0 Å². The molecule has 1 aliphatic carbocycles. The Morgan fingerprint density at radius 2 is 2.20 bits per heavy atom. The zero-order chi connectivity index (χ0) is 7.61. The quantitative estimate of drug-likeness (QED) is 0.578. The number of nitrogens with two attached hydrogens (primary N) is 2. The first-order valence-electron chi connectivity index (χ1n) is 3.81.